The molecule has 4 heterocycles. The molecule has 0 fully saturated rings. The maximum atomic E-state index is 13.1. The van der Waals surface area contributed by atoms with Crippen LogP contribution in [0.2, 0.25) is 0 Å². The van der Waals surface area contributed by atoms with Crippen LogP contribution < -0.4 is 30.0 Å². The predicted molar refractivity (Wildman–Crippen MR) is 198 cm³/mol. The molecule has 2 aromatic carbocycles. The van der Waals surface area contributed by atoms with Crippen LogP contribution in [-0.4, -0.2) is 60.3 Å². The van der Waals surface area contributed by atoms with Gasteiger partial charge < -0.3 is 29.4 Å². The molecule has 0 radical (unpaired) electrons. The number of ether oxygens (including phenoxy) is 5. The topological polar surface area (TPSA) is 187 Å². The molecular formula is C35H33FN6O8S3. The Morgan fingerprint density at radius 2 is 1.45 bits per heavy atom. The van der Waals surface area contributed by atoms with Gasteiger partial charge in [-0.2, -0.15) is 4.39 Å². The van der Waals surface area contributed by atoms with Crippen molar-refractivity contribution in [2.75, 3.05) is 31.0 Å². The summed E-state index contributed by atoms with van der Waals surface area (Å²) in [7, 11) is -1.80. The fourth-order valence-electron chi connectivity index (χ4n) is 4.24. The quantitative estimate of drug-likeness (QED) is 0.110. The molecule has 18 heteroatoms. The highest BCUT2D eigenvalue weighted by Crippen LogP contribution is 2.33. The molecule has 0 aliphatic carbocycles. The van der Waals surface area contributed by atoms with E-state index in [9.17, 15) is 17.6 Å². The number of nitrogens with one attached hydrogen (secondary N) is 1. The first-order valence-electron chi connectivity index (χ1n) is 15.5. The third-order valence-corrected chi connectivity index (χ3v) is 9.22. The van der Waals surface area contributed by atoms with E-state index < -0.39 is 21.7 Å². The molecular weight excluding hydrogens is 748 g/mol. The van der Waals surface area contributed by atoms with Gasteiger partial charge in [-0.05, 0) is 74.5 Å². The van der Waals surface area contributed by atoms with Gasteiger partial charge in [0.15, 0.2) is 20.1 Å². The van der Waals surface area contributed by atoms with Crippen molar-refractivity contribution in [1.82, 2.24) is 19.9 Å². The zero-order valence-corrected chi connectivity index (χ0v) is 31.1. The fraction of sp³-hybridized carbons (Fsp3) is 0.171. The van der Waals surface area contributed by atoms with Gasteiger partial charge in [0.2, 0.25) is 16.1 Å². The first-order chi connectivity index (χ1) is 25.3. The molecule has 1 atom stereocenters. The second-order valence-electron chi connectivity index (χ2n) is 11.0. The number of thiazole rings is 2. The number of aryl methyl sites for hydroxylation is 1. The lowest BCUT2D eigenvalue weighted by Crippen LogP contribution is -2.18. The number of hydrogen-bond donors (Lipinski definition) is 2. The van der Waals surface area contributed by atoms with Crippen molar-refractivity contribution in [1.29, 1.82) is 0 Å². The maximum absolute atomic E-state index is 13.1. The largest absolute Gasteiger partial charge is 0.488 e. The zero-order valence-electron chi connectivity index (χ0n) is 28.7. The van der Waals surface area contributed by atoms with Gasteiger partial charge in [0, 0.05) is 30.7 Å². The number of nitrogens with zero attached hydrogens (tertiary/aromatic N) is 4. The number of methoxy groups -OCH3 is 1. The minimum Gasteiger partial charge on any atom is -0.488 e. The number of halogens is 1. The summed E-state index contributed by atoms with van der Waals surface area (Å²) in [5, 5.41) is 4.51. The Kier molecular flexibility index (Phi) is 12.9. The number of amides is 1. The van der Waals surface area contributed by atoms with Crippen LogP contribution in [0.3, 0.4) is 0 Å². The SMILES string of the molecule is COC[C@H](C)Oc1cc(Oc2ccc(S(C)(=O)=O)cc2)cc(C(=O)Nc2ncc(Oc3ccc(F)nc3)s2)c1.Cc1ccc(Oc2cnc(N)s2)cn1. The van der Waals surface area contributed by atoms with Crippen molar-refractivity contribution >= 4 is 48.7 Å². The zero-order chi connectivity index (χ0) is 38.0. The van der Waals surface area contributed by atoms with Gasteiger partial charge in [0.1, 0.15) is 34.9 Å². The Balaban J connectivity index is 0.000000322. The Morgan fingerprint density at radius 3 is 2.06 bits per heavy atom. The molecule has 0 spiro atoms. The molecule has 0 saturated carbocycles. The Labute approximate surface area is 312 Å². The molecule has 0 unspecified atom stereocenters. The Morgan fingerprint density at radius 1 is 0.811 bits per heavy atom. The van der Waals surface area contributed by atoms with Gasteiger partial charge in [-0.15, -0.1) is 0 Å². The average molecular weight is 781 g/mol. The van der Waals surface area contributed by atoms with Crippen molar-refractivity contribution in [3.63, 3.8) is 0 Å². The van der Waals surface area contributed by atoms with Crippen LogP contribution in [0, 0.1) is 12.9 Å². The molecule has 6 aromatic rings. The highest BCUT2D eigenvalue weighted by molar-refractivity contribution is 7.90. The number of nitrogens with two attached hydrogens (primary N) is 1. The van der Waals surface area contributed by atoms with E-state index in [1.54, 1.807) is 31.6 Å². The monoisotopic (exact) mass is 780 g/mol. The summed E-state index contributed by atoms with van der Waals surface area (Å²) in [4.78, 5) is 28.9. The first kappa shape index (κ1) is 38.5. The van der Waals surface area contributed by atoms with Crippen molar-refractivity contribution in [3.8, 4) is 38.9 Å². The lowest BCUT2D eigenvalue weighted by Gasteiger charge is -2.16. The number of sulfone groups is 1. The van der Waals surface area contributed by atoms with E-state index >= 15 is 0 Å². The second kappa shape index (κ2) is 17.7. The maximum Gasteiger partial charge on any atom is 0.257 e. The summed E-state index contributed by atoms with van der Waals surface area (Å²) in [6.07, 6.45) is 6.73. The highest BCUT2D eigenvalue weighted by Gasteiger charge is 2.16. The molecule has 6 rings (SSSR count). The summed E-state index contributed by atoms with van der Waals surface area (Å²) < 4.78 is 64.4. The van der Waals surface area contributed by atoms with E-state index in [1.165, 1.54) is 66.2 Å². The first-order valence-corrected chi connectivity index (χ1v) is 19.0. The molecule has 0 bridgehead atoms. The summed E-state index contributed by atoms with van der Waals surface area (Å²) >= 11 is 2.37. The lowest BCUT2D eigenvalue weighted by atomic mass is 10.2. The minimum atomic E-state index is -3.36. The van der Waals surface area contributed by atoms with E-state index in [1.807, 2.05) is 26.0 Å². The Bertz CT molecular complexity index is 2230. The summed E-state index contributed by atoms with van der Waals surface area (Å²) in [5.74, 6) is 0.924. The molecule has 0 aliphatic rings. The number of aromatic nitrogens is 4. The van der Waals surface area contributed by atoms with Crippen LogP contribution in [0.25, 0.3) is 0 Å². The van der Waals surface area contributed by atoms with Crippen LogP contribution in [0.1, 0.15) is 23.0 Å². The summed E-state index contributed by atoms with van der Waals surface area (Å²) in [6, 6.07) is 16.9. The smallest absolute Gasteiger partial charge is 0.257 e. The van der Waals surface area contributed by atoms with Gasteiger partial charge in [0.25, 0.3) is 5.91 Å². The van der Waals surface area contributed by atoms with Gasteiger partial charge in [-0.1, -0.05) is 22.7 Å². The van der Waals surface area contributed by atoms with Crippen molar-refractivity contribution in [2.24, 2.45) is 0 Å². The molecule has 3 N–H and O–H groups in total. The molecule has 53 heavy (non-hydrogen) atoms. The van der Waals surface area contributed by atoms with E-state index in [-0.39, 0.29) is 21.7 Å². The minimum absolute atomic E-state index is 0.155. The number of pyridine rings is 2. The third kappa shape index (κ3) is 11.9. The van der Waals surface area contributed by atoms with E-state index in [0.717, 1.165) is 23.3 Å². The normalized spacial score (nSPS) is 11.5. The number of carbonyl (C=O) groups excluding carboxylic acids is 1. The van der Waals surface area contributed by atoms with Crippen LogP contribution >= 0.6 is 22.7 Å². The van der Waals surface area contributed by atoms with Gasteiger partial charge in [0.05, 0.1) is 36.3 Å². The molecule has 0 aliphatic heterocycles. The number of carbonyl (C=O) groups is 1. The van der Waals surface area contributed by atoms with E-state index in [4.69, 9.17) is 29.4 Å². The average Bonchev–Trinajstić information content (AvgIpc) is 3.74. The van der Waals surface area contributed by atoms with Crippen LogP contribution in [0.5, 0.6) is 38.9 Å². The number of nitrogen functional groups attached to an aromatic ring is 1. The van der Waals surface area contributed by atoms with Crippen molar-refractivity contribution < 1.29 is 41.3 Å². The lowest BCUT2D eigenvalue weighted by molar-refractivity contribution is 0.0916. The summed E-state index contributed by atoms with van der Waals surface area (Å²) in [6.45, 7) is 4.06. The highest BCUT2D eigenvalue weighted by atomic mass is 32.2. The number of hydrogen-bond acceptors (Lipinski definition) is 15. The molecule has 1 amide bonds. The Hall–Kier alpha value is -5.69. The van der Waals surface area contributed by atoms with Crippen molar-refractivity contribution in [2.45, 2.75) is 24.8 Å². The van der Waals surface area contributed by atoms with Crippen molar-refractivity contribution in [3.05, 3.63) is 109 Å². The number of anilines is 2. The third-order valence-electron chi connectivity index (χ3n) is 6.60. The van der Waals surface area contributed by atoms with Gasteiger partial charge >= 0.3 is 0 Å². The van der Waals surface area contributed by atoms with Gasteiger partial charge in [-0.25, -0.2) is 23.4 Å². The number of benzene rings is 2. The molecule has 14 nitrogen and oxygen atoms in total. The van der Waals surface area contributed by atoms with E-state index in [2.05, 4.69) is 25.3 Å². The molecule has 276 valence electrons. The molecule has 0 saturated heterocycles. The van der Waals surface area contributed by atoms with E-state index in [0.29, 0.717) is 50.6 Å². The van der Waals surface area contributed by atoms with Crippen LogP contribution in [0.15, 0.2) is 96.4 Å². The van der Waals surface area contributed by atoms with Crippen LogP contribution in [0.4, 0.5) is 14.7 Å². The standard InChI is InChI=1S/C26H24FN3O7S2.C9H9N3OS/c1-16(15-34-2)35-20-10-17(11-21(12-20)36-18-4-7-22(8-5-18)39(3,32)33)25(31)30-26-29-14-24(38-26)37-19-6-9-23(27)28-13-19;1-6-2-3-7(4-11-6)13-8-5-12-9(10)14-8/h4-14,16H,15H2,1-3H3,(H,29,30,31);2-5H,1H3,(H2,10,12)/t16-;/m0./s1. The van der Waals surface area contributed by atoms with Crippen LogP contribution in [-0.2, 0) is 14.6 Å². The van der Waals surface area contributed by atoms with Gasteiger partial charge in [-0.3, -0.25) is 15.1 Å². The number of rotatable bonds is 13. The predicted octanol–water partition coefficient (Wildman–Crippen LogP) is 7.55. The molecule has 4 aromatic heterocycles. The summed E-state index contributed by atoms with van der Waals surface area (Å²) in [5.41, 5.74) is 6.65. The fourth-order valence-corrected chi connectivity index (χ4v) is 6.11. The second-order valence-corrected chi connectivity index (χ2v) is 15.1.